The van der Waals surface area contributed by atoms with Gasteiger partial charge in [0.05, 0.1) is 0 Å². The molecule has 3 aromatic carbocycles. The molecule has 1 N–H and O–H groups in total. The van der Waals surface area contributed by atoms with Crippen molar-refractivity contribution in [3.05, 3.63) is 89.5 Å². The van der Waals surface area contributed by atoms with Crippen molar-refractivity contribution in [2.24, 2.45) is 0 Å². The fraction of sp³-hybridized carbons (Fsp3) is 0.250. The molecule has 0 aliphatic rings. The Balaban J connectivity index is 2.27. The van der Waals surface area contributed by atoms with Crippen LogP contribution in [0, 0.1) is 20.8 Å². The van der Waals surface area contributed by atoms with Crippen molar-refractivity contribution in [1.82, 2.24) is 0 Å². The second-order valence-corrected chi connectivity index (χ2v) is 11.4. The van der Waals surface area contributed by atoms with Gasteiger partial charge in [-0.25, -0.2) is 0 Å². The van der Waals surface area contributed by atoms with Crippen molar-refractivity contribution in [3.63, 3.8) is 0 Å². The topological polar surface area (TPSA) is 20.2 Å². The van der Waals surface area contributed by atoms with Crippen LogP contribution in [0.5, 0.6) is 0 Å². The van der Waals surface area contributed by atoms with Crippen LogP contribution >= 0.6 is 7.26 Å². The van der Waals surface area contributed by atoms with Crippen LogP contribution in [-0.2, 0) is 0 Å². The van der Waals surface area contributed by atoms with Gasteiger partial charge in [0.2, 0.25) is 0 Å². The fourth-order valence-electron chi connectivity index (χ4n) is 3.79. The molecule has 136 valence electrons. The van der Waals surface area contributed by atoms with Crippen LogP contribution < -0.4 is 15.9 Å². The maximum absolute atomic E-state index is 9.62. The quantitative estimate of drug-likeness (QED) is 0.655. The number of benzene rings is 3. The summed E-state index contributed by atoms with van der Waals surface area (Å²) in [4.78, 5) is 0. The Labute approximate surface area is 158 Å². The molecule has 0 heterocycles. The van der Waals surface area contributed by atoms with E-state index in [-0.39, 0.29) is 6.61 Å². The van der Waals surface area contributed by atoms with Crippen molar-refractivity contribution in [3.8, 4) is 0 Å². The summed E-state index contributed by atoms with van der Waals surface area (Å²) in [6, 6.07) is 27.1. The monoisotopic (exact) mass is 364 g/mol. The molecule has 0 amide bonds. The van der Waals surface area contributed by atoms with Crippen LogP contribution in [0.3, 0.4) is 0 Å². The predicted molar refractivity (Wildman–Crippen MR) is 117 cm³/mol. The molecule has 0 aromatic heterocycles. The summed E-state index contributed by atoms with van der Waals surface area (Å²) in [5.74, 6) is 0. The van der Waals surface area contributed by atoms with Gasteiger partial charge in [0.1, 0.15) is 0 Å². The van der Waals surface area contributed by atoms with Crippen LogP contribution in [0.1, 0.15) is 23.1 Å². The number of aliphatic hydroxyl groups is 1. The molecule has 3 aromatic rings. The van der Waals surface area contributed by atoms with Gasteiger partial charge < -0.3 is 0 Å². The molecular weight excluding hydrogens is 335 g/mol. The summed E-state index contributed by atoms with van der Waals surface area (Å²) < 4.78 is 0. The molecular formula is C24H29OP. The molecule has 0 saturated carbocycles. The molecule has 0 aliphatic heterocycles. The average molecular weight is 364 g/mol. The minimum absolute atomic E-state index is 0.234. The van der Waals surface area contributed by atoms with E-state index in [0.29, 0.717) is 0 Å². The molecule has 1 nitrogen and oxygen atoms in total. The van der Waals surface area contributed by atoms with E-state index in [1.807, 2.05) is 0 Å². The van der Waals surface area contributed by atoms with E-state index in [1.54, 1.807) is 0 Å². The Morgan fingerprint density at radius 2 is 0.885 bits per heavy atom. The van der Waals surface area contributed by atoms with Gasteiger partial charge in [0.25, 0.3) is 0 Å². The van der Waals surface area contributed by atoms with E-state index in [1.165, 1.54) is 32.6 Å². The Bertz CT molecular complexity index is 722. The van der Waals surface area contributed by atoms with Gasteiger partial charge in [0, 0.05) is 0 Å². The molecule has 0 unspecified atom stereocenters. The van der Waals surface area contributed by atoms with Crippen molar-refractivity contribution >= 4 is 23.2 Å². The third-order valence-corrected chi connectivity index (χ3v) is 10.4. The molecule has 2 heteroatoms. The van der Waals surface area contributed by atoms with Crippen LogP contribution in [0.2, 0.25) is 0 Å². The van der Waals surface area contributed by atoms with Gasteiger partial charge >= 0.3 is 158 Å². The van der Waals surface area contributed by atoms with E-state index in [4.69, 9.17) is 0 Å². The van der Waals surface area contributed by atoms with Crippen molar-refractivity contribution in [1.29, 1.82) is 0 Å². The van der Waals surface area contributed by atoms with E-state index < -0.39 is 7.26 Å². The van der Waals surface area contributed by atoms with E-state index >= 15 is 0 Å². The van der Waals surface area contributed by atoms with Crippen molar-refractivity contribution in [2.45, 2.75) is 27.2 Å². The SMILES string of the molecule is Cc1ccc([PH](CCCO)(c2ccc(C)cc2)c2ccc(C)cc2)cc1. The first-order valence-corrected chi connectivity index (χ1v) is 11.6. The normalized spacial score (nSPS) is 12.2. The van der Waals surface area contributed by atoms with Crippen LogP contribution in [0.25, 0.3) is 0 Å². The summed E-state index contributed by atoms with van der Waals surface area (Å²) in [5.41, 5.74) is 3.85. The zero-order valence-corrected chi connectivity index (χ0v) is 17.0. The molecule has 0 saturated heterocycles. The van der Waals surface area contributed by atoms with Crippen molar-refractivity contribution in [2.75, 3.05) is 12.8 Å². The van der Waals surface area contributed by atoms with Crippen LogP contribution in [0.15, 0.2) is 72.8 Å². The summed E-state index contributed by atoms with van der Waals surface area (Å²) in [5, 5.41) is 13.9. The molecule has 3 rings (SSSR count). The summed E-state index contributed by atoms with van der Waals surface area (Å²) >= 11 is 0. The van der Waals surface area contributed by atoms with Crippen molar-refractivity contribution < 1.29 is 5.11 Å². The zero-order chi connectivity index (χ0) is 18.6. The molecule has 26 heavy (non-hydrogen) atoms. The molecule has 0 fully saturated rings. The maximum atomic E-state index is 9.62. The average Bonchev–Trinajstić information content (AvgIpc) is 2.66. The van der Waals surface area contributed by atoms with Gasteiger partial charge in [-0.15, -0.1) is 0 Å². The summed E-state index contributed by atoms with van der Waals surface area (Å²) in [6.07, 6.45) is 1.83. The Kier molecular flexibility index (Phi) is 5.91. The van der Waals surface area contributed by atoms with Crippen LogP contribution in [0.4, 0.5) is 0 Å². The third-order valence-electron chi connectivity index (χ3n) is 5.34. The van der Waals surface area contributed by atoms with Gasteiger partial charge in [0.15, 0.2) is 0 Å². The number of rotatable bonds is 6. The summed E-state index contributed by atoms with van der Waals surface area (Å²) in [6.45, 7) is 6.65. The van der Waals surface area contributed by atoms with E-state index in [9.17, 15) is 5.11 Å². The van der Waals surface area contributed by atoms with Crippen LogP contribution in [-0.4, -0.2) is 17.9 Å². The predicted octanol–water partition coefficient (Wildman–Crippen LogP) is 4.02. The first-order valence-electron chi connectivity index (χ1n) is 9.38. The number of hydrogen-bond donors (Lipinski definition) is 1. The van der Waals surface area contributed by atoms with E-state index in [2.05, 4.69) is 93.6 Å². The van der Waals surface area contributed by atoms with Gasteiger partial charge in [-0.3, -0.25) is 0 Å². The number of aliphatic hydroxyl groups excluding tert-OH is 1. The second-order valence-electron chi connectivity index (χ2n) is 7.33. The molecule has 0 spiro atoms. The number of hydrogen-bond acceptors (Lipinski definition) is 1. The Morgan fingerprint density at radius 3 is 1.15 bits per heavy atom. The zero-order valence-electron chi connectivity index (χ0n) is 16.0. The third kappa shape index (κ3) is 3.75. The fourth-order valence-corrected chi connectivity index (χ4v) is 8.55. The summed E-state index contributed by atoms with van der Waals surface area (Å²) in [7, 11) is -2.17. The van der Waals surface area contributed by atoms with Gasteiger partial charge in [-0.05, 0) is 0 Å². The molecule has 0 atom stereocenters. The van der Waals surface area contributed by atoms with Gasteiger partial charge in [-0.2, -0.15) is 0 Å². The second kappa shape index (κ2) is 8.16. The number of aryl methyl sites for hydroxylation is 3. The first-order chi connectivity index (χ1) is 12.6. The Morgan fingerprint density at radius 1 is 0.577 bits per heavy atom. The molecule has 0 radical (unpaired) electrons. The van der Waals surface area contributed by atoms with Gasteiger partial charge in [-0.1, -0.05) is 0 Å². The standard InChI is InChI=1S/C24H29OP/c1-19-5-11-22(12-6-19)26(18-4-17-25,23-13-7-20(2)8-14-23)24-15-9-21(3)10-16-24/h5-16,25-26H,4,17-18H2,1-3H3. The first kappa shape index (κ1) is 18.8. The Hall–Kier alpha value is -1.95. The molecule has 0 aliphatic carbocycles. The molecule has 0 bridgehead atoms. The van der Waals surface area contributed by atoms with E-state index in [0.717, 1.165) is 12.6 Å². The minimum atomic E-state index is -2.17.